The van der Waals surface area contributed by atoms with E-state index in [1.54, 1.807) is 0 Å². The van der Waals surface area contributed by atoms with Gasteiger partial charge in [-0.3, -0.25) is 9.69 Å². The van der Waals surface area contributed by atoms with E-state index in [1.165, 1.54) is 0 Å². The molecule has 1 saturated heterocycles. The van der Waals surface area contributed by atoms with Crippen LogP contribution in [0.15, 0.2) is 24.3 Å². The Bertz CT molecular complexity index is 394. The predicted octanol–water partition coefficient (Wildman–Crippen LogP) is 0.841. The van der Waals surface area contributed by atoms with Crippen molar-refractivity contribution in [2.24, 2.45) is 0 Å². The normalized spacial score (nSPS) is 16.6. The summed E-state index contributed by atoms with van der Waals surface area (Å²) >= 11 is 0. The summed E-state index contributed by atoms with van der Waals surface area (Å²) in [5.74, 6) is 0.210. The molecule has 4 nitrogen and oxygen atoms in total. The standard InChI is InChI=1S/C14H21N3O/c1-16(2)13-5-3-12(4-6-13)14(18)11-17-9-7-15-8-10-17/h3-6,15H,7-11H2,1-2H3. The van der Waals surface area contributed by atoms with E-state index in [2.05, 4.69) is 10.2 Å². The number of anilines is 1. The number of hydrogen-bond acceptors (Lipinski definition) is 4. The van der Waals surface area contributed by atoms with E-state index in [1.807, 2.05) is 43.3 Å². The lowest BCUT2D eigenvalue weighted by Gasteiger charge is -2.26. The lowest BCUT2D eigenvalue weighted by Crippen LogP contribution is -2.45. The fraction of sp³-hybridized carbons (Fsp3) is 0.500. The monoisotopic (exact) mass is 247 g/mol. The number of hydrogen-bond donors (Lipinski definition) is 1. The molecule has 4 heteroatoms. The molecular weight excluding hydrogens is 226 g/mol. The maximum atomic E-state index is 12.1. The SMILES string of the molecule is CN(C)c1ccc(C(=O)CN2CCNCC2)cc1. The van der Waals surface area contributed by atoms with Gasteiger partial charge in [0.15, 0.2) is 5.78 Å². The third-order valence-electron chi connectivity index (χ3n) is 3.28. The average Bonchev–Trinajstić information content (AvgIpc) is 2.40. The number of piperazine rings is 1. The van der Waals surface area contributed by atoms with Crippen LogP contribution in [0, 0.1) is 0 Å². The third kappa shape index (κ3) is 3.31. The summed E-state index contributed by atoms with van der Waals surface area (Å²) in [4.78, 5) is 16.4. The Morgan fingerprint density at radius 2 is 1.83 bits per heavy atom. The predicted molar refractivity (Wildman–Crippen MR) is 74.4 cm³/mol. The third-order valence-corrected chi connectivity index (χ3v) is 3.28. The van der Waals surface area contributed by atoms with Crippen LogP contribution < -0.4 is 10.2 Å². The first-order valence-corrected chi connectivity index (χ1v) is 6.40. The molecule has 1 heterocycles. The van der Waals surface area contributed by atoms with Gasteiger partial charge in [0, 0.05) is 51.5 Å². The molecule has 1 N–H and O–H groups in total. The van der Waals surface area contributed by atoms with Crippen molar-refractivity contribution >= 4 is 11.5 Å². The molecule has 2 rings (SSSR count). The minimum Gasteiger partial charge on any atom is -0.378 e. The zero-order valence-corrected chi connectivity index (χ0v) is 11.1. The highest BCUT2D eigenvalue weighted by Crippen LogP contribution is 2.13. The van der Waals surface area contributed by atoms with Crippen LogP contribution >= 0.6 is 0 Å². The van der Waals surface area contributed by atoms with Gasteiger partial charge in [-0.2, -0.15) is 0 Å². The van der Waals surface area contributed by atoms with Crippen LogP contribution in [0.5, 0.6) is 0 Å². The van der Waals surface area contributed by atoms with Crippen LogP contribution in [0.1, 0.15) is 10.4 Å². The summed E-state index contributed by atoms with van der Waals surface area (Å²) in [5.41, 5.74) is 1.92. The number of nitrogens with zero attached hydrogens (tertiary/aromatic N) is 2. The Labute approximate surface area is 109 Å². The van der Waals surface area contributed by atoms with Crippen LogP contribution in [0.2, 0.25) is 0 Å². The average molecular weight is 247 g/mol. The number of nitrogens with one attached hydrogen (secondary N) is 1. The van der Waals surface area contributed by atoms with Crippen LogP contribution in [-0.2, 0) is 0 Å². The number of rotatable bonds is 4. The maximum Gasteiger partial charge on any atom is 0.176 e. The van der Waals surface area contributed by atoms with Crippen molar-refractivity contribution in [3.63, 3.8) is 0 Å². The molecule has 1 aliphatic rings. The van der Waals surface area contributed by atoms with E-state index in [0.717, 1.165) is 37.4 Å². The first kappa shape index (κ1) is 13.1. The van der Waals surface area contributed by atoms with E-state index < -0.39 is 0 Å². The van der Waals surface area contributed by atoms with Gasteiger partial charge in [0.1, 0.15) is 0 Å². The molecule has 0 aromatic heterocycles. The van der Waals surface area contributed by atoms with Gasteiger partial charge in [-0.1, -0.05) is 0 Å². The van der Waals surface area contributed by atoms with Crippen molar-refractivity contribution in [3.05, 3.63) is 29.8 Å². The smallest absolute Gasteiger partial charge is 0.176 e. The molecule has 0 saturated carbocycles. The Balaban J connectivity index is 1.95. The second-order valence-corrected chi connectivity index (χ2v) is 4.89. The molecular formula is C14H21N3O. The molecule has 1 aliphatic heterocycles. The molecule has 1 aromatic carbocycles. The number of carbonyl (C=O) groups is 1. The van der Waals surface area contributed by atoms with Crippen molar-refractivity contribution in [3.8, 4) is 0 Å². The molecule has 0 atom stereocenters. The van der Waals surface area contributed by atoms with Crippen LogP contribution in [0.4, 0.5) is 5.69 Å². The number of Topliss-reactive ketones (excluding diaryl/α,β-unsaturated/α-hetero) is 1. The van der Waals surface area contributed by atoms with Gasteiger partial charge in [0.05, 0.1) is 6.54 Å². The Morgan fingerprint density at radius 1 is 1.22 bits per heavy atom. The fourth-order valence-corrected chi connectivity index (χ4v) is 2.11. The lowest BCUT2D eigenvalue weighted by atomic mass is 10.1. The molecule has 98 valence electrons. The molecule has 0 amide bonds. The van der Waals surface area contributed by atoms with Crippen molar-refractivity contribution in [1.29, 1.82) is 0 Å². The van der Waals surface area contributed by atoms with Crippen molar-refractivity contribution in [2.75, 3.05) is 51.7 Å². The number of ketones is 1. The Morgan fingerprint density at radius 3 is 2.39 bits per heavy atom. The van der Waals surface area contributed by atoms with E-state index in [0.29, 0.717) is 6.54 Å². The molecule has 18 heavy (non-hydrogen) atoms. The molecule has 0 spiro atoms. The van der Waals surface area contributed by atoms with Crippen molar-refractivity contribution < 1.29 is 4.79 Å². The topological polar surface area (TPSA) is 35.6 Å². The molecule has 0 aliphatic carbocycles. The van der Waals surface area contributed by atoms with Crippen LogP contribution in [-0.4, -0.2) is 57.5 Å². The van der Waals surface area contributed by atoms with Crippen LogP contribution in [0.3, 0.4) is 0 Å². The van der Waals surface area contributed by atoms with Gasteiger partial charge < -0.3 is 10.2 Å². The van der Waals surface area contributed by atoms with Gasteiger partial charge in [0.2, 0.25) is 0 Å². The highest BCUT2D eigenvalue weighted by molar-refractivity contribution is 5.97. The lowest BCUT2D eigenvalue weighted by molar-refractivity contribution is 0.0921. The largest absolute Gasteiger partial charge is 0.378 e. The summed E-state index contributed by atoms with van der Waals surface area (Å²) in [7, 11) is 4.00. The van der Waals surface area contributed by atoms with Crippen LogP contribution in [0.25, 0.3) is 0 Å². The highest BCUT2D eigenvalue weighted by Gasteiger charge is 2.14. The quantitative estimate of drug-likeness (QED) is 0.800. The van der Waals surface area contributed by atoms with Gasteiger partial charge in [-0.25, -0.2) is 0 Å². The Hall–Kier alpha value is -1.39. The molecule has 0 bridgehead atoms. The van der Waals surface area contributed by atoms with Crippen molar-refractivity contribution in [1.82, 2.24) is 10.2 Å². The van der Waals surface area contributed by atoms with Gasteiger partial charge >= 0.3 is 0 Å². The number of carbonyl (C=O) groups excluding carboxylic acids is 1. The van der Waals surface area contributed by atoms with Gasteiger partial charge in [-0.05, 0) is 24.3 Å². The van der Waals surface area contributed by atoms with E-state index >= 15 is 0 Å². The molecule has 1 fully saturated rings. The zero-order chi connectivity index (χ0) is 13.0. The minimum absolute atomic E-state index is 0.210. The first-order valence-electron chi connectivity index (χ1n) is 6.40. The molecule has 0 radical (unpaired) electrons. The summed E-state index contributed by atoms with van der Waals surface area (Å²) in [6.45, 7) is 4.41. The summed E-state index contributed by atoms with van der Waals surface area (Å²) in [6.07, 6.45) is 0. The van der Waals surface area contributed by atoms with Gasteiger partial charge in [0.25, 0.3) is 0 Å². The van der Waals surface area contributed by atoms with E-state index in [4.69, 9.17) is 0 Å². The fourth-order valence-electron chi connectivity index (χ4n) is 2.11. The summed E-state index contributed by atoms with van der Waals surface area (Å²) < 4.78 is 0. The molecule has 1 aromatic rings. The second kappa shape index (κ2) is 5.98. The Kier molecular flexibility index (Phi) is 4.33. The zero-order valence-electron chi connectivity index (χ0n) is 11.1. The van der Waals surface area contributed by atoms with Crippen molar-refractivity contribution in [2.45, 2.75) is 0 Å². The van der Waals surface area contributed by atoms with Gasteiger partial charge in [-0.15, -0.1) is 0 Å². The summed E-state index contributed by atoms with van der Waals surface area (Å²) in [5, 5.41) is 3.29. The number of benzene rings is 1. The molecule has 0 unspecified atom stereocenters. The second-order valence-electron chi connectivity index (χ2n) is 4.89. The van der Waals surface area contributed by atoms with E-state index in [-0.39, 0.29) is 5.78 Å². The first-order chi connectivity index (χ1) is 8.66. The van der Waals surface area contributed by atoms with E-state index in [9.17, 15) is 4.79 Å². The maximum absolute atomic E-state index is 12.1. The summed E-state index contributed by atoms with van der Waals surface area (Å²) in [6, 6.07) is 7.82. The highest BCUT2D eigenvalue weighted by atomic mass is 16.1. The minimum atomic E-state index is 0.210.